The number of para-hydroxylation sites is 2. The normalized spacial score (nSPS) is 13.7. The van der Waals surface area contributed by atoms with Crippen LogP contribution in [-0.2, 0) is 9.59 Å². The van der Waals surface area contributed by atoms with E-state index < -0.39 is 17.8 Å². The third-order valence-electron chi connectivity index (χ3n) is 5.19. The van der Waals surface area contributed by atoms with E-state index in [-0.39, 0.29) is 5.57 Å². The summed E-state index contributed by atoms with van der Waals surface area (Å²) in [5.41, 5.74) is 1.11. The number of halogens is 1. The zero-order chi connectivity index (χ0) is 24.9. The van der Waals surface area contributed by atoms with E-state index in [9.17, 15) is 14.4 Å². The van der Waals surface area contributed by atoms with Gasteiger partial charge in [0.15, 0.2) is 11.5 Å². The molecule has 1 fully saturated rings. The van der Waals surface area contributed by atoms with Crippen LogP contribution in [0.1, 0.15) is 5.56 Å². The van der Waals surface area contributed by atoms with Crippen LogP contribution in [-0.4, -0.2) is 31.6 Å². The summed E-state index contributed by atoms with van der Waals surface area (Å²) in [4.78, 5) is 42.4. The molecule has 0 saturated carbocycles. The van der Waals surface area contributed by atoms with E-state index in [1.54, 1.807) is 78.9 Å². The quantitative estimate of drug-likeness (QED) is 0.161. The van der Waals surface area contributed by atoms with Gasteiger partial charge in [-0.25, -0.2) is 14.6 Å². The summed E-state index contributed by atoms with van der Waals surface area (Å²) in [6, 6.07) is 19.7. The van der Waals surface area contributed by atoms with Crippen molar-refractivity contribution in [2.24, 2.45) is 0 Å². The van der Waals surface area contributed by atoms with Crippen LogP contribution in [0.4, 0.5) is 16.2 Å². The van der Waals surface area contributed by atoms with Crippen molar-refractivity contribution in [3.63, 3.8) is 0 Å². The molecule has 0 atom stereocenters. The van der Waals surface area contributed by atoms with Gasteiger partial charge in [0.1, 0.15) is 12.2 Å². The summed E-state index contributed by atoms with van der Waals surface area (Å²) in [6.45, 7) is 3.95. The van der Waals surface area contributed by atoms with Crippen molar-refractivity contribution < 1.29 is 23.9 Å². The van der Waals surface area contributed by atoms with Crippen LogP contribution in [0.15, 0.2) is 91.0 Å². The Morgan fingerprint density at radius 2 is 1.43 bits per heavy atom. The Hall–Kier alpha value is -3.92. The summed E-state index contributed by atoms with van der Waals surface area (Å²) in [7, 11) is 1.51. The third kappa shape index (κ3) is 4.83. The summed E-state index contributed by atoms with van der Waals surface area (Å²) in [5, 5.41) is 0. The van der Waals surface area contributed by atoms with Crippen molar-refractivity contribution in [2.75, 3.05) is 23.5 Å². The zero-order valence-corrected chi connectivity index (χ0v) is 21.0. The number of urea groups is 1. The number of hydrogen-bond donors (Lipinski definition) is 0. The lowest BCUT2D eigenvalue weighted by molar-refractivity contribution is -0.121. The largest absolute Gasteiger partial charge is 0.493 e. The van der Waals surface area contributed by atoms with Gasteiger partial charge in [-0.3, -0.25) is 9.59 Å². The number of methoxy groups -OCH3 is 1. The van der Waals surface area contributed by atoms with Gasteiger partial charge < -0.3 is 9.47 Å². The Kier molecular flexibility index (Phi) is 7.31. The Balaban J connectivity index is 1.84. The number of benzene rings is 3. The first-order valence-electron chi connectivity index (χ1n) is 10.6. The van der Waals surface area contributed by atoms with Gasteiger partial charge in [-0.1, -0.05) is 49.1 Å². The fourth-order valence-corrected chi connectivity index (χ4v) is 4.39. The molecule has 3 aromatic carbocycles. The van der Waals surface area contributed by atoms with E-state index in [0.717, 1.165) is 13.4 Å². The van der Waals surface area contributed by atoms with Crippen molar-refractivity contribution in [3.8, 4) is 11.5 Å². The van der Waals surface area contributed by atoms with E-state index in [0.29, 0.717) is 35.0 Å². The van der Waals surface area contributed by atoms with Gasteiger partial charge in [0.25, 0.3) is 11.8 Å². The second-order valence-corrected chi connectivity index (χ2v) is 8.59. The smallest absolute Gasteiger partial charge is 0.343 e. The number of anilines is 2. The topological polar surface area (TPSA) is 76.2 Å². The lowest BCUT2D eigenvalue weighted by Crippen LogP contribution is -2.57. The maximum atomic E-state index is 13.5. The molecule has 0 unspecified atom stereocenters. The van der Waals surface area contributed by atoms with Crippen LogP contribution in [0.2, 0.25) is 0 Å². The molecule has 8 heteroatoms. The molecule has 1 saturated heterocycles. The molecule has 4 rings (SSSR count). The summed E-state index contributed by atoms with van der Waals surface area (Å²) >= 11 is 2.10. The number of ether oxygens (including phenoxy) is 2. The number of rotatable bonds is 7. The fraction of sp³-hybridized carbons (Fsp3) is 0.0741. The molecule has 7 nitrogen and oxygen atoms in total. The molecular formula is C27H21IN2O5. The van der Waals surface area contributed by atoms with Crippen molar-refractivity contribution in [1.29, 1.82) is 0 Å². The summed E-state index contributed by atoms with van der Waals surface area (Å²) in [5.74, 6) is -0.445. The molecule has 1 aliphatic rings. The Morgan fingerprint density at radius 3 is 1.91 bits per heavy atom. The molecule has 0 bridgehead atoms. The van der Waals surface area contributed by atoms with Crippen molar-refractivity contribution >= 4 is 57.9 Å². The number of carbonyl (C=O) groups is 3. The Morgan fingerprint density at radius 1 is 0.886 bits per heavy atom. The zero-order valence-electron chi connectivity index (χ0n) is 18.8. The van der Waals surface area contributed by atoms with Gasteiger partial charge in [-0.15, -0.1) is 0 Å². The number of carbonyl (C=O) groups excluding carboxylic acids is 3. The van der Waals surface area contributed by atoms with Crippen molar-refractivity contribution in [3.05, 3.63) is 100 Å². The van der Waals surface area contributed by atoms with Crippen LogP contribution >= 0.6 is 22.6 Å². The fourth-order valence-electron chi connectivity index (χ4n) is 3.61. The molecular weight excluding hydrogens is 559 g/mol. The Bertz CT molecular complexity index is 1260. The van der Waals surface area contributed by atoms with Crippen LogP contribution in [0.25, 0.3) is 6.08 Å². The van der Waals surface area contributed by atoms with Crippen LogP contribution in [0, 0.1) is 3.57 Å². The minimum atomic E-state index is -0.741. The number of nitrogens with zero attached hydrogens (tertiary/aromatic N) is 2. The number of imide groups is 2. The van der Waals surface area contributed by atoms with Gasteiger partial charge in [-0.2, -0.15) is 0 Å². The molecule has 0 aromatic heterocycles. The summed E-state index contributed by atoms with van der Waals surface area (Å²) < 4.78 is 11.9. The average Bonchev–Trinajstić information content (AvgIpc) is 2.87. The standard InChI is InChI=1S/C27H21IN2O5/c1-3-14-35-24-22(28)16-18(17-23(24)34-2)15-21-25(31)29(19-10-6-4-7-11-19)27(33)30(26(21)32)20-12-8-5-9-13-20/h3-13,15-17H,1,14H2,2H3. The second-order valence-electron chi connectivity index (χ2n) is 7.43. The molecule has 35 heavy (non-hydrogen) atoms. The van der Waals surface area contributed by atoms with Crippen molar-refractivity contribution in [2.45, 2.75) is 0 Å². The van der Waals surface area contributed by atoms with Crippen LogP contribution in [0.5, 0.6) is 11.5 Å². The number of barbiturate groups is 1. The van der Waals surface area contributed by atoms with Crippen LogP contribution in [0.3, 0.4) is 0 Å². The maximum Gasteiger partial charge on any atom is 0.343 e. The van der Waals surface area contributed by atoms with Gasteiger partial charge in [-0.05, 0) is 70.6 Å². The first-order valence-corrected chi connectivity index (χ1v) is 11.7. The summed E-state index contributed by atoms with van der Waals surface area (Å²) in [6.07, 6.45) is 3.09. The number of amides is 4. The Labute approximate surface area is 216 Å². The van der Waals surface area contributed by atoms with Crippen LogP contribution < -0.4 is 19.3 Å². The van der Waals surface area contributed by atoms with Gasteiger partial charge >= 0.3 is 6.03 Å². The molecule has 0 aliphatic carbocycles. The van der Waals surface area contributed by atoms with E-state index in [2.05, 4.69) is 29.2 Å². The minimum Gasteiger partial charge on any atom is -0.493 e. The second kappa shape index (κ2) is 10.6. The monoisotopic (exact) mass is 580 g/mol. The molecule has 0 N–H and O–H groups in total. The predicted octanol–water partition coefficient (Wildman–Crippen LogP) is 5.45. The highest BCUT2D eigenvalue weighted by Crippen LogP contribution is 2.36. The van der Waals surface area contributed by atoms with E-state index >= 15 is 0 Å². The predicted molar refractivity (Wildman–Crippen MR) is 143 cm³/mol. The maximum absolute atomic E-state index is 13.5. The van der Waals surface area contributed by atoms with E-state index in [1.807, 2.05) is 0 Å². The van der Waals surface area contributed by atoms with E-state index in [4.69, 9.17) is 9.47 Å². The third-order valence-corrected chi connectivity index (χ3v) is 5.99. The molecule has 176 valence electrons. The van der Waals surface area contributed by atoms with E-state index in [1.165, 1.54) is 13.2 Å². The highest BCUT2D eigenvalue weighted by molar-refractivity contribution is 14.1. The molecule has 4 amide bonds. The van der Waals surface area contributed by atoms with Gasteiger partial charge in [0, 0.05) is 0 Å². The average molecular weight is 580 g/mol. The number of hydrogen-bond acceptors (Lipinski definition) is 5. The molecule has 3 aromatic rings. The van der Waals surface area contributed by atoms with Gasteiger partial charge in [0.2, 0.25) is 0 Å². The highest BCUT2D eigenvalue weighted by atomic mass is 127. The molecule has 0 spiro atoms. The van der Waals surface area contributed by atoms with Crippen molar-refractivity contribution in [1.82, 2.24) is 0 Å². The molecule has 0 radical (unpaired) electrons. The SMILES string of the molecule is C=CCOc1c(I)cc(C=C2C(=O)N(c3ccccc3)C(=O)N(c3ccccc3)C2=O)cc1OC. The van der Waals surface area contributed by atoms with Gasteiger partial charge in [0.05, 0.1) is 22.1 Å². The highest BCUT2D eigenvalue weighted by Gasteiger charge is 2.43. The molecule has 1 aliphatic heterocycles. The molecule has 1 heterocycles. The first-order chi connectivity index (χ1) is 17.0. The minimum absolute atomic E-state index is 0.157. The lowest BCUT2D eigenvalue weighted by atomic mass is 10.0. The lowest BCUT2D eigenvalue weighted by Gasteiger charge is -2.34. The first kappa shape index (κ1) is 24.2.